The maximum Gasteiger partial charge on any atom is 0.217 e. The summed E-state index contributed by atoms with van der Waals surface area (Å²) in [5.74, 6) is -0.799. The molecule has 0 aromatic heterocycles. The summed E-state index contributed by atoms with van der Waals surface area (Å²) in [5.41, 5.74) is 0. The van der Waals surface area contributed by atoms with Crippen molar-refractivity contribution in [2.75, 3.05) is 33.0 Å². The molecule has 0 aromatic rings. The van der Waals surface area contributed by atoms with Crippen LogP contribution in [0.25, 0.3) is 0 Å². The molecule has 362 valence electrons. The van der Waals surface area contributed by atoms with E-state index < -0.39 is 199 Å². The molecule has 0 aromatic carbocycles. The van der Waals surface area contributed by atoms with Crippen molar-refractivity contribution < 1.29 is 129 Å². The topological polar surface area (TPSA) is 425 Å². The van der Waals surface area contributed by atoms with E-state index in [1.54, 1.807) is 13.8 Å². The molecule has 0 saturated carbocycles. The third kappa shape index (κ3) is 11.0. The van der Waals surface area contributed by atoms with Crippen LogP contribution >= 0.6 is 0 Å². The van der Waals surface area contributed by atoms with Crippen molar-refractivity contribution >= 4 is 5.91 Å². The van der Waals surface area contributed by atoms with Crippen LogP contribution in [0.3, 0.4) is 0 Å². The second-order valence-electron chi connectivity index (χ2n) is 15.8. The molecular formula is C35H61NO26. The van der Waals surface area contributed by atoms with Crippen molar-refractivity contribution in [1.82, 2.24) is 5.32 Å². The third-order valence-corrected chi connectivity index (χ3v) is 11.1. The van der Waals surface area contributed by atoms with Crippen molar-refractivity contribution in [2.45, 2.75) is 180 Å². The van der Waals surface area contributed by atoms with E-state index >= 15 is 0 Å². The van der Waals surface area contributed by atoms with Gasteiger partial charge in [-0.05, 0) is 13.8 Å². The van der Waals surface area contributed by atoms with E-state index in [0.717, 1.165) is 6.92 Å². The van der Waals surface area contributed by atoms with Crippen LogP contribution in [-0.4, -0.2) is 275 Å². The van der Waals surface area contributed by atoms with Crippen molar-refractivity contribution in [2.24, 2.45) is 0 Å². The Balaban J connectivity index is 1.34. The second-order valence-corrected chi connectivity index (χ2v) is 15.8. The van der Waals surface area contributed by atoms with E-state index in [4.69, 9.17) is 47.4 Å². The van der Waals surface area contributed by atoms with Gasteiger partial charge in [0.05, 0.1) is 39.1 Å². The number of nitrogens with one attached hydrogen (secondary N) is 1. The van der Waals surface area contributed by atoms with Crippen LogP contribution in [0.2, 0.25) is 0 Å². The van der Waals surface area contributed by atoms with Gasteiger partial charge in [-0.1, -0.05) is 0 Å². The van der Waals surface area contributed by atoms with Gasteiger partial charge in [0.2, 0.25) is 5.91 Å². The summed E-state index contributed by atoms with van der Waals surface area (Å²) in [6.07, 6.45) is -43.6. The quantitative estimate of drug-likeness (QED) is 0.0683. The summed E-state index contributed by atoms with van der Waals surface area (Å²) in [5, 5.41) is 162. The van der Waals surface area contributed by atoms with E-state index in [1.165, 1.54) is 0 Å². The fourth-order valence-electron chi connectivity index (χ4n) is 7.79. The number of amides is 1. The Morgan fingerprint density at radius 3 is 1.26 bits per heavy atom. The number of carbonyl (C=O) groups excluding carboxylic acids is 1. The molecule has 5 aliphatic rings. The Hall–Kier alpha value is -1.53. The number of rotatable bonds is 16. The molecular weight excluding hydrogens is 850 g/mol. The minimum Gasteiger partial charge on any atom is -0.394 e. The highest BCUT2D eigenvalue weighted by atomic mass is 16.8. The SMILES string of the molecule is CC(=O)NC1C(O[C@@H]2OC(CO)[C@H](O)C(O)C2O)[C@@H](O)C(CO)O[C@H]1OC1C(O)[C@@H](O[C@H]2C(CO)O[C@@H](O[C@@H]3C(CO)O[C@@H](OC(C)C)C(O)C3O)[C@@H](O)C2O)OC(CO)[C@@H]1O. The molecule has 5 saturated heterocycles. The molecule has 14 unspecified atom stereocenters. The molecule has 27 heteroatoms. The molecule has 62 heavy (non-hydrogen) atoms. The van der Waals surface area contributed by atoms with Gasteiger partial charge in [0.15, 0.2) is 31.5 Å². The Kier molecular flexibility index (Phi) is 18.5. The molecule has 5 aliphatic heterocycles. The Bertz CT molecular complexity index is 1380. The predicted octanol–water partition coefficient (Wildman–Crippen LogP) is -10.3. The first kappa shape index (κ1) is 51.5. The number of aliphatic hydroxyl groups excluding tert-OH is 15. The maximum absolute atomic E-state index is 12.5. The standard InChI is InChI=1S/C35H61NO26/c1-9(2)53-32-24(50)21(47)27(14(7-40)57-32)59-34-25(51)22(48)28(15(8-41)58-34)60-35-26(52)30(19(45)13(6-39)56-35)62-31-16(36-10(3)42)29(18(44)12(5-38)54-31)61-33-23(49)20(46)17(43)11(4-37)55-33/h9,11-35,37-41,43-52H,4-8H2,1-3H3,(H,36,42)/t11?,12?,13?,14?,15?,16?,17-,18-,19-,20?,21?,22?,23?,24?,25-,26?,27+,28-,29?,30?,31-,32+,33-,34-,35+/m0/s1. The zero-order valence-corrected chi connectivity index (χ0v) is 33.7. The molecule has 0 bridgehead atoms. The lowest BCUT2D eigenvalue weighted by molar-refractivity contribution is -0.389. The third-order valence-electron chi connectivity index (χ3n) is 11.1. The van der Waals surface area contributed by atoms with Crippen molar-refractivity contribution in [3.63, 3.8) is 0 Å². The summed E-state index contributed by atoms with van der Waals surface area (Å²) < 4.78 is 56.6. The fourth-order valence-corrected chi connectivity index (χ4v) is 7.79. The summed E-state index contributed by atoms with van der Waals surface area (Å²) in [6.45, 7) is -0.183. The van der Waals surface area contributed by atoms with E-state index in [1.807, 2.05) is 0 Å². The van der Waals surface area contributed by atoms with Crippen LogP contribution in [-0.2, 0) is 52.2 Å². The normalized spacial score (nSPS) is 49.2. The largest absolute Gasteiger partial charge is 0.394 e. The van der Waals surface area contributed by atoms with Gasteiger partial charge in [0.1, 0.15) is 122 Å². The van der Waals surface area contributed by atoms with Crippen LogP contribution in [0.15, 0.2) is 0 Å². The predicted molar refractivity (Wildman–Crippen MR) is 192 cm³/mol. The summed E-state index contributed by atoms with van der Waals surface area (Å²) in [7, 11) is 0. The number of hydrogen-bond donors (Lipinski definition) is 16. The zero-order valence-electron chi connectivity index (χ0n) is 33.7. The van der Waals surface area contributed by atoms with Crippen LogP contribution in [0.5, 0.6) is 0 Å². The number of carbonyl (C=O) groups is 1. The van der Waals surface area contributed by atoms with E-state index in [2.05, 4.69) is 5.32 Å². The summed E-state index contributed by atoms with van der Waals surface area (Å²) in [4.78, 5) is 12.5. The second kappa shape index (κ2) is 22.3. The lowest BCUT2D eigenvalue weighted by atomic mass is 9.94. The van der Waals surface area contributed by atoms with Crippen LogP contribution in [0.4, 0.5) is 0 Å². The average Bonchev–Trinajstić information content (AvgIpc) is 3.23. The highest BCUT2D eigenvalue weighted by molar-refractivity contribution is 5.73. The maximum atomic E-state index is 12.5. The van der Waals surface area contributed by atoms with E-state index in [9.17, 15) is 81.4 Å². The van der Waals surface area contributed by atoms with Gasteiger partial charge in [-0.25, -0.2) is 0 Å². The molecule has 5 fully saturated rings. The summed E-state index contributed by atoms with van der Waals surface area (Å²) >= 11 is 0. The van der Waals surface area contributed by atoms with Crippen molar-refractivity contribution in [3.8, 4) is 0 Å². The smallest absolute Gasteiger partial charge is 0.217 e. The van der Waals surface area contributed by atoms with Gasteiger partial charge in [-0.2, -0.15) is 0 Å². The first-order chi connectivity index (χ1) is 29.3. The van der Waals surface area contributed by atoms with Gasteiger partial charge in [0.25, 0.3) is 0 Å². The van der Waals surface area contributed by atoms with Gasteiger partial charge in [-0.15, -0.1) is 0 Å². The minimum absolute atomic E-state index is 0.460. The van der Waals surface area contributed by atoms with Gasteiger partial charge < -0.3 is 129 Å². The summed E-state index contributed by atoms with van der Waals surface area (Å²) in [6, 6.07) is -1.67. The fraction of sp³-hybridized carbons (Fsp3) is 0.971. The first-order valence-corrected chi connectivity index (χ1v) is 20.0. The monoisotopic (exact) mass is 911 g/mol. The highest BCUT2D eigenvalue weighted by Gasteiger charge is 2.57. The molecule has 5 rings (SSSR count). The number of ether oxygens (including phenoxy) is 10. The highest BCUT2D eigenvalue weighted by Crippen LogP contribution is 2.36. The molecule has 5 heterocycles. The van der Waals surface area contributed by atoms with Crippen LogP contribution < -0.4 is 5.32 Å². The Morgan fingerprint density at radius 2 is 0.790 bits per heavy atom. The van der Waals surface area contributed by atoms with Crippen LogP contribution in [0, 0.1) is 0 Å². The average molecular weight is 912 g/mol. The molecule has 16 N–H and O–H groups in total. The first-order valence-electron chi connectivity index (χ1n) is 20.0. The molecule has 0 radical (unpaired) electrons. The molecule has 1 amide bonds. The zero-order chi connectivity index (χ0) is 45.9. The lowest BCUT2D eigenvalue weighted by Crippen LogP contribution is -2.70. The van der Waals surface area contributed by atoms with Crippen LogP contribution in [0.1, 0.15) is 20.8 Å². The van der Waals surface area contributed by atoms with E-state index in [0.29, 0.717) is 0 Å². The molecule has 0 aliphatic carbocycles. The molecule has 25 atom stereocenters. The van der Waals surface area contributed by atoms with Crippen molar-refractivity contribution in [1.29, 1.82) is 0 Å². The van der Waals surface area contributed by atoms with E-state index in [-0.39, 0.29) is 0 Å². The Labute approximate surface area is 353 Å². The molecule has 0 spiro atoms. The van der Waals surface area contributed by atoms with Crippen molar-refractivity contribution in [3.05, 3.63) is 0 Å². The van der Waals surface area contributed by atoms with Gasteiger partial charge in [0, 0.05) is 6.92 Å². The molecule has 27 nitrogen and oxygen atoms in total. The minimum atomic E-state index is -2.14. The lowest BCUT2D eigenvalue weighted by Gasteiger charge is -2.50. The van der Waals surface area contributed by atoms with Gasteiger partial charge in [-0.3, -0.25) is 4.79 Å². The number of aliphatic hydroxyl groups is 15. The van der Waals surface area contributed by atoms with Gasteiger partial charge >= 0.3 is 0 Å². The Morgan fingerprint density at radius 1 is 0.435 bits per heavy atom. The number of hydrogen-bond acceptors (Lipinski definition) is 26.